The molecule has 1 rings (SSSR count). The van der Waals surface area contributed by atoms with Crippen molar-refractivity contribution in [3.63, 3.8) is 0 Å². The quantitative estimate of drug-likeness (QED) is 0.479. The lowest BCUT2D eigenvalue weighted by atomic mass is 9.80. The van der Waals surface area contributed by atoms with Crippen molar-refractivity contribution in [3.05, 3.63) is 0 Å². The van der Waals surface area contributed by atoms with E-state index in [0.717, 1.165) is 24.4 Å². The van der Waals surface area contributed by atoms with Crippen LogP contribution in [0.5, 0.6) is 0 Å². The van der Waals surface area contributed by atoms with Crippen LogP contribution in [0.15, 0.2) is 0 Å². The van der Waals surface area contributed by atoms with Crippen molar-refractivity contribution >= 4 is 29.0 Å². The number of rotatable bonds is 5. The first-order chi connectivity index (χ1) is 9.94. The summed E-state index contributed by atoms with van der Waals surface area (Å²) in [7, 11) is 0. The van der Waals surface area contributed by atoms with Gasteiger partial charge in [-0.05, 0) is 18.3 Å². The summed E-state index contributed by atoms with van der Waals surface area (Å²) < 4.78 is 0. The molecular formula is C17H30N2O2S. The Morgan fingerprint density at radius 3 is 2.23 bits per heavy atom. The molecule has 1 N–H and O–H groups in total. The summed E-state index contributed by atoms with van der Waals surface area (Å²) in [6.07, 6.45) is 2.07. The number of unbranched alkanes of at least 4 members (excludes halogenated alkanes) is 1. The van der Waals surface area contributed by atoms with E-state index in [4.69, 9.17) is 12.2 Å². The van der Waals surface area contributed by atoms with Gasteiger partial charge in [-0.1, -0.05) is 53.8 Å². The molecule has 4 nitrogen and oxygen atoms in total. The standard InChI is InChI=1S/C17H30N2O2S/c1-16(2,3)12-11-13(20)19(14(12)21)10-8-7-9-18-15(22)17(4,5)6/h12H,7-11H2,1-6H3,(H,18,22). The predicted molar refractivity (Wildman–Crippen MR) is 93.6 cm³/mol. The van der Waals surface area contributed by atoms with Gasteiger partial charge in [0, 0.05) is 24.9 Å². The highest BCUT2D eigenvalue weighted by atomic mass is 32.1. The summed E-state index contributed by atoms with van der Waals surface area (Å²) in [6, 6.07) is 0. The van der Waals surface area contributed by atoms with E-state index < -0.39 is 0 Å². The molecule has 0 saturated carbocycles. The molecule has 0 aromatic carbocycles. The Morgan fingerprint density at radius 2 is 1.77 bits per heavy atom. The van der Waals surface area contributed by atoms with Gasteiger partial charge in [-0.3, -0.25) is 14.5 Å². The molecule has 0 bridgehead atoms. The number of imide groups is 1. The maximum absolute atomic E-state index is 12.3. The van der Waals surface area contributed by atoms with E-state index in [1.165, 1.54) is 4.90 Å². The van der Waals surface area contributed by atoms with Gasteiger partial charge < -0.3 is 5.32 Å². The van der Waals surface area contributed by atoms with Crippen LogP contribution in [-0.4, -0.2) is 34.8 Å². The van der Waals surface area contributed by atoms with Crippen LogP contribution in [-0.2, 0) is 9.59 Å². The fraction of sp³-hybridized carbons (Fsp3) is 0.824. The normalized spacial score (nSPS) is 19.7. The van der Waals surface area contributed by atoms with Crippen molar-refractivity contribution in [1.29, 1.82) is 0 Å². The van der Waals surface area contributed by atoms with Crippen molar-refractivity contribution in [1.82, 2.24) is 10.2 Å². The number of carbonyl (C=O) groups is 2. The SMILES string of the molecule is CC(C)(C)C(=S)NCCCCN1C(=O)CC(C(C)(C)C)C1=O. The van der Waals surface area contributed by atoms with E-state index in [0.29, 0.717) is 13.0 Å². The second kappa shape index (κ2) is 7.07. The lowest BCUT2D eigenvalue weighted by molar-refractivity contribution is -0.140. The van der Waals surface area contributed by atoms with E-state index in [1.54, 1.807) is 0 Å². The zero-order valence-electron chi connectivity index (χ0n) is 14.8. The minimum absolute atomic E-state index is 0.00401. The van der Waals surface area contributed by atoms with Crippen LogP contribution in [0.4, 0.5) is 0 Å². The van der Waals surface area contributed by atoms with Crippen LogP contribution in [0.2, 0.25) is 0 Å². The molecule has 0 radical (unpaired) electrons. The van der Waals surface area contributed by atoms with Crippen molar-refractivity contribution in [3.8, 4) is 0 Å². The number of hydrogen-bond donors (Lipinski definition) is 1. The van der Waals surface area contributed by atoms with Crippen molar-refractivity contribution in [2.24, 2.45) is 16.7 Å². The summed E-state index contributed by atoms with van der Waals surface area (Å²) in [5, 5.41) is 3.25. The highest BCUT2D eigenvalue weighted by Gasteiger charge is 2.44. The zero-order valence-corrected chi connectivity index (χ0v) is 15.6. The first-order valence-electron chi connectivity index (χ1n) is 8.07. The highest BCUT2D eigenvalue weighted by Crippen LogP contribution is 2.35. The second-order valence-corrected chi connectivity index (χ2v) is 8.63. The molecule has 0 aromatic rings. The van der Waals surface area contributed by atoms with Gasteiger partial charge in [0.2, 0.25) is 11.8 Å². The molecule has 1 unspecified atom stereocenters. The monoisotopic (exact) mass is 326 g/mol. The molecular weight excluding hydrogens is 296 g/mol. The number of amides is 2. The van der Waals surface area contributed by atoms with E-state index in [-0.39, 0.29) is 28.6 Å². The van der Waals surface area contributed by atoms with Crippen LogP contribution in [0.3, 0.4) is 0 Å². The summed E-state index contributed by atoms with van der Waals surface area (Å²) >= 11 is 5.31. The summed E-state index contributed by atoms with van der Waals surface area (Å²) in [5.74, 6) is -0.203. The van der Waals surface area contributed by atoms with E-state index in [1.807, 2.05) is 20.8 Å². The van der Waals surface area contributed by atoms with Crippen LogP contribution in [0.25, 0.3) is 0 Å². The lowest BCUT2D eigenvalue weighted by Crippen LogP contribution is -2.36. The van der Waals surface area contributed by atoms with Gasteiger partial charge in [0.1, 0.15) is 0 Å². The van der Waals surface area contributed by atoms with Gasteiger partial charge in [-0.15, -0.1) is 0 Å². The molecule has 2 amide bonds. The molecule has 0 spiro atoms. The highest BCUT2D eigenvalue weighted by molar-refractivity contribution is 7.80. The number of likely N-dealkylation sites (tertiary alicyclic amines) is 1. The third-order valence-corrected chi connectivity index (χ3v) is 4.82. The first-order valence-corrected chi connectivity index (χ1v) is 8.48. The Hall–Kier alpha value is -0.970. The molecule has 1 saturated heterocycles. The number of hydrogen-bond acceptors (Lipinski definition) is 3. The third-order valence-electron chi connectivity index (χ3n) is 4.06. The smallest absolute Gasteiger partial charge is 0.233 e. The summed E-state index contributed by atoms with van der Waals surface area (Å²) in [5.41, 5.74) is -0.169. The maximum Gasteiger partial charge on any atom is 0.233 e. The van der Waals surface area contributed by atoms with Crippen molar-refractivity contribution in [2.45, 2.75) is 60.8 Å². The summed E-state index contributed by atoms with van der Waals surface area (Å²) in [4.78, 5) is 26.6. The Balaban J connectivity index is 2.36. The predicted octanol–water partition coefficient (Wildman–Crippen LogP) is 3.15. The van der Waals surface area contributed by atoms with Crippen LogP contribution in [0.1, 0.15) is 60.8 Å². The molecule has 1 aliphatic heterocycles. The minimum atomic E-state index is -0.174. The van der Waals surface area contributed by atoms with Gasteiger partial charge in [0.05, 0.1) is 10.9 Å². The van der Waals surface area contributed by atoms with Crippen LogP contribution < -0.4 is 5.32 Å². The van der Waals surface area contributed by atoms with Crippen LogP contribution >= 0.6 is 12.2 Å². The Labute approximate surface area is 140 Å². The molecule has 0 aromatic heterocycles. The lowest BCUT2D eigenvalue weighted by Gasteiger charge is -2.25. The van der Waals surface area contributed by atoms with Gasteiger partial charge in [0.15, 0.2) is 0 Å². The number of thiocarbonyl (C=S) groups is 1. The Kier molecular flexibility index (Phi) is 6.13. The molecule has 22 heavy (non-hydrogen) atoms. The molecule has 0 aliphatic carbocycles. The topological polar surface area (TPSA) is 49.4 Å². The van der Waals surface area contributed by atoms with Crippen molar-refractivity contribution < 1.29 is 9.59 Å². The largest absolute Gasteiger partial charge is 0.379 e. The molecule has 1 atom stereocenters. The fourth-order valence-electron chi connectivity index (χ4n) is 2.46. The average Bonchev–Trinajstić information content (AvgIpc) is 2.64. The van der Waals surface area contributed by atoms with Gasteiger partial charge in [-0.2, -0.15) is 0 Å². The van der Waals surface area contributed by atoms with Gasteiger partial charge in [0.25, 0.3) is 0 Å². The second-order valence-electron chi connectivity index (χ2n) is 8.22. The molecule has 5 heteroatoms. The van der Waals surface area contributed by atoms with Crippen molar-refractivity contribution in [2.75, 3.05) is 13.1 Å². The Morgan fingerprint density at radius 1 is 1.18 bits per heavy atom. The maximum atomic E-state index is 12.3. The summed E-state index contributed by atoms with van der Waals surface area (Å²) in [6.45, 7) is 13.6. The third kappa shape index (κ3) is 5.04. The minimum Gasteiger partial charge on any atom is -0.379 e. The fourth-order valence-corrected chi connectivity index (χ4v) is 2.56. The molecule has 1 aliphatic rings. The van der Waals surface area contributed by atoms with E-state index in [9.17, 15) is 9.59 Å². The number of nitrogens with one attached hydrogen (secondary N) is 1. The van der Waals surface area contributed by atoms with Crippen LogP contribution in [0, 0.1) is 16.7 Å². The number of nitrogens with zero attached hydrogens (tertiary/aromatic N) is 1. The van der Waals surface area contributed by atoms with Gasteiger partial charge in [-0.25, -0.2) is 0 Å². The Bertz CT molecular complexity index is 447. The zero-order chi connectivity index (χ0) is 17.1. The first kappa shape index (κ1) is 19.1. The van der Waals surface area contributed by atoms with Gasteiger partial charge >= 0.3 is 0 Å². The molecule has 1 fully saturated rings. The molecule has 126 valence electrons. The average molecular weight is 327 g/mol. The van der Waals surface area contributed by atoms with E-state index >= 15 is 0 Å². The molecule has 1 heterocycles. The number of carbonyl (C=O) groups excluding carboxylic acids is 2. The van der Waals surface area contributed by atoms with E-state index in [2.05, 4.69) is 26.1 Å².